The van der Waals surface area contributed by atoms with Crippen molar-refractivity contribution in [3.05, 3.63) is 41.3 Å². The van der Waals surface area contributed by atoms with Gasteiger partial charge in [0.1, 0.15) is 0 Å². The van der Waals surface area contributed by atoms with Crippen molar-refractivity contribution in [3.8, 4) is 10.7 Å². The number of carbonyl (C=O) groups is 1. The van der Waals surface area contributed by atoms with E-state index in [1.165, 1.54) is 30.3 Å². The summed E-state index contributed by atoms with van der Waals surface area (Å²) in [7, 11) is 0. The van der Waals surface area contributed by atoms with Crippen LogP contribution in [0, 0.1) is 6.92 Å². The van der Waals surface area contributed by atoms with Crippen molar-refractivity contribution in [1.82, 2.24) is 14.8 Å². The van der Waals surface area contributed by atoms with Crippen molar-refractivity contribution in [3.63, 3.8) is 0 Å². The number of carbonyl (C=O) groups excluding carboxylic acids is 1. The first-order valence-electron chi connectivity index (χ1n) is 9.91. The molecule has 1 N–H and O–H groups in total. The maximum Gasteiger partial charge on any atom is 0.234 e. The average Bonchev–Trinajstić information content (AvgIpc) is 3.48. The summed E-state index contributed by atoms with van der Waals surface area (Å²) in [6.07, 6.45) is 2.51. The monoisotopic (exact) mass is 427 g/mol. The van der Waals surface area contributed by atoms with Crippen molar-refractivity contribution in [2.24, 2.45) is 0 Å². The molecule has 0 aliphatic carbocycles. The number of benzene rings is 1. The van der Waals surface area contributed by atoms with Crippen LogP contribution >= 0.6 is 23.1 Å². The highest BCUT2D eigenvalue weighted by Crippen LogP contribution is 2.28. The number of rotatable bonds is 7. The van der Waals surface area contributed by atoms with Crippen LogP contribution in [0.25, 0.3) is 10.7 Å². The van der Waals surface area contributed by atoms with Crippen molar-refractivity contribution < 1.29 is 4.79 Å². The molecular formula is C21H25N5OS2. The highest BCUT2D eigenvalue weighted by Gasteiger charge is 2.16. The van der Waals surface area contributed by atoms with E-state index in [4.69, 9.17) is 0 Å². The van der Waals surface area contributed by atoms with Crippen molar-refractivity contribution in [2.75, 3.05) is 29.1 Å². The van der Waals surface area contributed by atoms with Gasteiger partial charge in [0, 0.05) is 31.0 Å². The van der Waals surface area contributed by atoms with Crippen molar-refractivity contribution in [1.29, 1.82) is 0 Å². The summed E-state index contributed by atoms with van der Waals surface area (Å²) in [5, 5.41) is 14.4. The Hall–Kier alpha value is -2.32. The van der Waals surface area contributed by atoms with E-state index in [1.54, 1.807) is 11.3 Å². The van der Waals surface area contributed by atoms with E-state index in [0.29, 0.717) is 5.75 Å². The molecule has 152 valence electrons. The Morgan fingerprint density at radius 2 is 2.07 bits per heavy atom. The van der Waals surface area contributed by atoms with Gasteiger partial charge < -0.3 is 14.8 Å². The second-order valence-corrected chi connectivity index (χ2v) is 8.95. The lowest BCUT2D eigenvalue weighted by molar-refractivity contribution is -0.113. The van der Waals surface area contributed by atoms with Gasteiger partial charge in [-0.2, -0.15) is 0 Å². The Bertz CT molecular complexity index is 977. The molecule has 2 aromatic heterocycles. The fraction of sp³-hybridized carbons (Fsp3) is 0.381. The number of aromatic nitrogens is 3. The molecule has 0 spiro atoms. The zero-order chi connectivity index (χ0) is 20.2. The van der Waals surface area contributed by atoms with Gasteiger partial charge in [0.05, 0.1) is 10.6 Å². The molecule has 1 amide bonds. The minimum atomic E-state index is -0.0321. The first-order chi connectivity index (χ1) is 14.2. The molecule has 1 aliphatic rings. The Kier molecular flexibility index (Phi) is 6.20. The molecule has 6 nitrogen and oxygen atoms in total. The largest absolute Gasteiger partial charge is 0.372 e. The zero-order valence-corrected chi connectivity index (χ0v) is 18.4. The van der Waals surface area contributed by atoms with Gasteiger partial charge in [0.15, 0.2) is 11.0 Å². The second-order valence-electron chi connectivity index (χ2n) is 7.06. The molecule has 0 saturated carbocycles. The molecule has 0 atom stereocenters. The number of thioether (sulfide) groups is 1. The number of aryl methyl sites for hydroxylation is 1. The zero-order valence-electron chi connectivity index (χ0n) is 16.7. The summed E-state index contributed by atoms with van der Waals surface area (Å²) >= 11 is 3.06. The number of thiophene rings is 1. The number of anilines is 2. The smallest absolute Gasteiger partial charge is 0.234 e. The number of amides is 1. The van der Waals surface area contributed by atoms with Gasteiger partial charge in [0.25, 0.3) is 0 Å². The predicted molar refractivity (Wildman–Crippen MR) is 121 cm³/mol. The third kappa shape index (κ3) is 4.48. The summed E-state index contributed by atoms with van der Waals surface area (Å²) in [5.41, 5.74) is 3.20. The van der Waals surface area contributed by atoms with E-state index in [2.05, 4.69) is 44.0 Å². The topological polar surface area (TPSA) is 63.1 Å². The van der Waals surface area contributed by atoms with Gasteiger partial charge in [-0.25, -0.2) is 0 Å². The third-order valence-corrected chi connectivity index (χ3v) is 6.89. The molecule has 0 unspecified atom stereocenters. The minimum absolute atomic E-state index is 0.0321. The molecule has 1 aliphatic heterocycles. The Balaban J connectivity index is 1.38. The van der Waals surface area contributed by atoms with Crippen LogP contribution in [-0.4, -0.2) is 39.5 Å². The van der Waals surface area contributed by atoms with Crippen LogP contribution in [0.5, 0.6) is 0 Å². The summed E-state index contributed by atoms with van der Waals surface area (Å²) in [5.74, 6) is 1.13. The fourth-order valence-corrected chi connectivity index (χ4v) is 5.06. The van der Waals surface area contributed by atoms with Gasteiger partial charge in [-0.15, -0.1) is 21.5 Å². The highest BCUT2D eigenvalue weighted by atomic mass is 32.2. The summed E-state index contributed by atoms with van der Waals surface area (Å²) < 4.78 is 2.06. The maximum absolute atomic E-state index is 12.5. The van der Waals surface area contributed by atoms with Gasteiger partial charge in [-0.1, -0.05) is 17.8 Å². The van der Waals surface area contributed by atoms with Crippen LogP contribution in [0.3, 0.4) is 0 Å². The second kappa shape index (κ2) is 9.00. The molecule has 29 heavy (non-hydrogen) atoms. The molecular weight excluding hydrogens is 402 g/mol. The van der Waals surface area contributed by atoms with E-state index in [9.17, 15) is 4.79 Å². The summed E-state index contributed by atoms with van der Waals surface area (Å²) in [6, 6.07) is 10.3. The molecule has 3 heterocycles. The van der Waals surface area contributed by atoms with Gasteiger partial charge in [-0.3, -0.25) is 4.79 Å². The first-order valence-corrected chi connectivity index (χ1v) is 11.8. The molecule has 3 aromatic rings. The summed E-state index contributed by atoms with van der Waals surface area (Å²) in [4.78, 5) is 16.0. The highest BCUT2D eigenvalue weighted by molar-refractivity contribution is 7.99. The normalized spacial score (nSPS) is 13.8. The molecule has 8 heteroatoms. The van der Waals surface area contributed by atoms with Crippen LogP contribution in [0.4, 0.5) is 11.4 Å². The van der Waals surface area contributed by atoms with E-state index >= 15 is 0 Å². The SMILES string of the molecule is CCn1c(SCC(=O)Nc2ccc(N3CCCC3)cc2C)nnc1-c1cccs1. The number of hydrogen-bond acceptors (Lipinski definition) is 6. The average molecular weight is 428 g/mol. The number of nitrogens with zero attached hydrogens (tertiary/aromatic N) is 4. The van der Waals surface area contributed by atoms with Crippen LogP contribution in [-0.2, 0) is 11.3 Å². The lowest BCUT2D eigenvalue weighted by Crippen LogP contribution is -2.18. The molecule has 1 fully saturated rings. The van der Waals surface area contributed by atoms with E-state index in [1.807, 2.05) is 30.5 Å². The number of hydrogen-bond donors (Lipinski definition) is 1. The first kappa shape index (κ1) is 20.0. The summed E-state index contributed by atoms with van der Waals surface area (Å²) in [6.45, 7) is 7.11. The Morgan fingerprint density at radius 1 is 1.24 bits per heavy atom. The fourth-order valence-electron chi connectivity index (χ4n) is 3.55. The van der Waals surface area contributed by atoms with E-state index < -0.39 is 0 Å². The third-order valence-electron chi connectivity index (χ3n) is 5.06. The minimum Gasteiger partial charge on any atom is -0.372 e. The standard InChI is InChI=1S/C21H25N5OS2/c1-3-26-20(18-7-6-12-28-18)23-24-21(26)29-14-19(27)22-17-9-8-16(13-15(17)2)25-10-4-5-11-25/h6-9,12-13H,3-5,10-11,14H2,1-2H3,(H,22,27). The van der Waals surface area contributed by atoms with Gasteiger partial charge in [-0.05, 0) is 61.9 Å². The van der Waals surface area contributed by atoms with Gasteiger partial charge >= 0.3 is 0 Å². The van der Waals surface area contributed by atoms with Crippen molar-refractivity contribution in [2.45, 2.75) is 38.4 Å². The van der Waals surface area contributed by atoms with E-state index in [0.717, 1.165) is 46.7 Å². The van der Waals surface area contributed by atoms with Crippen LogP contribution in [0.2, 0.25) is 0 Å². The van der Waals surface area contributed by atoms with Crippen LogP contribution in [0.1, 0.15) is 25.3 Å². The van der Waals surface area contributed by atoms with E-state index in [-0.39, 0.29) is 5.91 Å². The Morgan fingerprint density at radius 3 is 2.76 bits per heavy atom. The molecule has 1 saturated heterocycles. The molecule has 1 aromatic carbocycles. The molecule has 4 rings (SSSR count). The molecule has 0 radical (unpaired) electrons. The van der Waals surface area contributed by atoms with Crippen molar-refractivity contribution >= 4 is 40.4 Å². The van der Waals surface area contributed by atoms with Crippen LogP contribution in [0.15, 0.2) is 40.9 Å². The number of nitrogens with one attached hydrogen (secondary N) is 1. The predicted octanol–water partition coefficient (Wildman–Crippen LogP) is 4.67. The van der Waals surface area contributed by atoms with Crippen LogP contribution < -0.4 is 10.2 Å². The maximum atomic E-state index is 12.5. The lowest BCUT2D eigenvalue weighted by Gasteiger charge is -2.19. The quantitative estimate of drug-likeness (QED) is 0.555. The lowest BCUT2D eigenvalue weighted by atomic mass is 10.1. The Labute approximate surface area is 179 Å². The van der Waals surface area contributed by atoms with Gasteiger partial charge in [0.2, 0.25) is 5.91 Å². The molecule has 0 bridgehead atoms.